The molecule has 0 aromatic heterocycles. The maximum atomic E-state index is 13.5. The van der Waals surface area contributed by atoms with E-state index in [4.69, 9.17) is 23.4 Å². The SMILES string of the molecule is COc1ccc(C(=O)c2cc(OC)c(OC)c(OC)c2)c(O[Si](C)(C)C(C)(C)C)c1. The van der Waals surface area contributed by atoms with E-state index in [1.54, 1.807) is 37.4 Å². The first kappa shape index (κ1) is 23.6. The molecule has 0 bridgehead atoms. The van der Waals surface area contributed by atoms with E-state index < -0.39 is 8.32 Å². The third-order valence-corrected chi connectivity index (χ3v) is 9.87. The summed E-state index contributed by atoms with van der Waals surface area (Å²) < 4.78 is 28.0. The van der Waals surface area contributed by atoms with E-state index in [0.29, 0.717) is 39.9 Å². The molecule has 0 fully saturated rings. The second-order valence-electron chi connectivity index (χ2n) is 8.47. The molecule has 0 spiro atoms. The van der Waals surface area contributed by atoms with Crippen LogP contribution in [0.4, 0.5) is 0 Å². The quantitative estimate of drug-likeness (QED) is 0.415. The van der Waals surface area contributed by atoms with Crippen molar-refractivity contribution in [2.75, 3.05) is 28.4 Å². The van der Waals surface area contributed by atoms with Gasteiger partial charge in [-0.2, -0.15) is 0 Å². The van der Waals surface area contributed by atoms with Crippen LogP contribution in [0.3, 0.4) is 0 Å². The summed E-state index contributed by atoms with van der Waals surface area (Å²) in [5.41, 5.74) is 0.865. The molecule has 7 heteroatoms. The highest BCUT2D eigenvalue weighted by atomic mass is 28.4. The third-order valence-electron chi connectivity index (χ3n) is 5.53. The van der Waals surface area contributed by atoms with Crippen LogP contribution in [0.5, 0.6) is 28.7 Å². The molecule has 0 aliphatic carbocycles. The van der Waals surface area contributed by atoms with Gasteiger partial charge in [0.25, 0.3) is 8.32 Å². The van der Waals surface area contributed by atoms with E-state index in [0.717, 1.165) is 0 Å². The number of methoxy groups -OCH3 is 4. The van der Waals surface area contributed by atoms with Gasteiger partial charge in [-0.3, -0.25) is 4.79 Å². The van der Waals surface area contributed by atoms with Gasteiger partial charge in [-0.25, -0.2) is 0 Å². The number of carbonyl (C=O) groups excluding carboxylic acids is 1. The van der Waals surface area contributed by atoms with E-state index in [2.05, 4.69) is 33.9 Å². The van der Waals surface area contributed by atoms with Gasteiger partial charge in [-0.05, 0) is 42.4 Å². The third kappa shape index (κ3) is 4.72. The summed E-state index contributed by atoms with van der Waals surface area (Å²) in [6.45, 7) is 10.7. The number of hydrogen-bond donors (Lipinski definition) is 0. The Morgan fingerprint density at radius 3 is 1.80 bits per heavy atom. The smallest absolute Gasteiger partial charge is 0.250 e. The van der Waals surface area contributed by atoms with Crippen molar-refractivity contribution in [3.8, 4) is 28.7 Å². The zero-order valence-corrected chi connectivity index (χ0v) is 20.3. The number of ketones is 1. The molecule has 0 heterocycles. The number of rotatable bonds is 8. The van der Waals surface area contributed by atoms with Crippen molar-refractivity contribution in [1.29, 1.82) is 0 Å². The van der Waals surface area contributed by atoms with Gasteiger partial charge in [-0.15, -0.1) is 0 Å². The zero-order valence-electron chi connectivity index (χ0n) is 19.3. The molecular formula is C23H32O6Si. The lowest BCUT2D eigenvalue weighted by molar-refractivity contribution is 0.103. The molecule has 0 saturated heterocycles. The Balaban J connectivity index is 2.60. The lowest BCUT2D eigenvalue weighted by Gasteiger charge is -2.37. The fourth-order valence-electron chi connectivity index (χ4n) is 2.70. The van der Waals surface area contributed by atoms with Crippen LogP contribution in [-0.4, -0.2) is 42.5 Å². The van der Waals surface area contributed by atoms with Crippen LogP contribution in [0.1, 0.15) is 36.7 Å². The Hall–Kier alpha value is -2.67. The van der Waals surface area contributed by atoms with Gasteiger partial charge in [0.2, 0.25) is 5.75 Å². The Kier molecular flexibility index (Phi) is 7.08. The van der Waals surface area contributed by atoms with Gasteiger partial charge in [0.1, 0.15) is 11.5 Å². The number of hydrogen-bond acceptors (Lipinski definition) is 6. The molecule has 2 aromatic carbocycles. The highest BCUT2D eigenvalue weighted by Crippen LogP contribution is 2.41. The normalized spacial score (nSPS) is 11.6. The lowest BCUT2D eigenvalue weighted by Crippen LogP contribution is -2.44. The van der Waals surface area contributed by atoms with Crippen molar-refractivity contribution in [3.63, 3.8) is 0 Å². The van der Waals surface area contributed by atoms with Crippen LogP contribution in [0.25, 0.3) is 0 Å². The minimum atomic E-state index is -2.19. The first-order chi connectivity index (χ1) is 14.0. The number of benzene rings is 2. The molecule has 164 valence electrons. The predicted octanol–water partition coefficient (Wildman–Crippen LogP) is 5.34. The topological polar surface area (TPSA) is 63.2 Å². The summed E-state index contributed by atoms with van der Waals surface area (Å²) in [5, 5.41) is -0.0249. The summed E-state index contributed by atoms with van der Waals surface area (Å²) in [6.07, 6.45) is 0. The number of ether oxygens (including phenoxy) is 4. The molecule has 2 aromatic rings. The molecule has 0 aliphatic heterocycles. The van der Waals surface area contributed by atoms with Crippen LogP contribution in [0.2, 0.25) is 18.1 Å². The Morgan fingerprint density at radius 1 is 0.800 bits per heavy atom. The summed E-state index contributed by atoms with van der Waals surface area (Å²) in [4.78, 5) is 13.5. The average molecular weight is 433 g/mol. The molecule has 0 unspecified atom stereocenters. The standard InChI is InChI=1S/C23H32O6Si/c1-23(2,3)30(8,9)29-18-14-16(25-4)10-11-17(18)21(24)15-12-19(26-5)22(28-7)20(13-15)27-6/h10-14H,1-9H3. The maximum absolute atomic E-state index is 13.5. The monoisotopic (exact) mass is 432 g/mol. The summed E-state index contributed by atoms with van der Waals surface area (Å²) in [6, 6.07) is 8.54. The van der Waals surface area contributed by atoms with E-state index in [-0.39, 0.29) is 10.8 Å². The predicted molar refractivity (Wildman–Crippen MR) is 120 cm³/mol. The molecule has 6 nitrogen and oxygen atoms in total. The van der Waals surface area contributed by atoms with Crippen molar-refractivity contribution < 1.29 is 28.2 Å². The van der Waals surface area contributed by atoms with E-state index in [9.17, 15) is 4.79 Å². The van der Waals surface area contributed by atoms with Gasteiger partial charge in [-0.1, -0.05) is 20.8 Å². The Labute approximate surface area is 180 Å². The average Bonchev–Trinajstić information content (AvgIpc) is 2.70. The molecule has 30 heavy (non-hydrogen) atoms. The Morgan fingerprint density at radius 2 is 1.37 bits per heavy atom. The van der Waals surface area contributed by atoms with Crippen molar-refractivity contribution in [2.45, 2.75) is 38.9 Å². The molecule has 0 amide bonds. The molecular weight excluding hydrogens is 400 g/mol. The first-order valence-corrected chi connectivity index (χ1v) is 12.6. The number of carbonyl (C=O) groups is 1. The molecule has 0 atom stereocenters. The summed E-state index contributed by atoms with van der Waals surface area (Å²) in [7, 11) is 3.96. The molecule has 2 rings (SSSR count). The second kappa shape index (κ2) is 9.00. The molecule has 0 aliphatic rings. The Bertz CT molecular complexity index is 889. The van der Waals surface area contributed by atoms with Crippen molar-refractivity contribution >= 4 is 14.1 Å². The van der Waals surface area contributed by atoms with Crippen LogP contribution < -0.4 is 23.4 Å². The van der Waals surface area contributed by atoms with Crippen LogP contribution in [0.15, 0.2) is 30.3 Å². The second-order valence-corrected chi connectivity index (χ2v) is 13.2. The molecule has 0 radical (unpaired) electrons. The van der Waals surface area contributed by atoms with Gasteiger partial charge >= 0.3 is 0 Å². The van der Waals surface area contributed by atoms with Gasteiger partial charge < -0.3 is 23.4 Å². The minimum Gasteiger partial charge on any atom is -0.543 e. The zero-order chi connectivity index (χ0) is 22.7. The fourth-order valence-corrected chi connectivity index (χ4v) is 3.72. The summed E-state index contributed by atoms with van der Waals surface area (Å²) in [5.74, 6) is 2.21. The summed E-state index contributed by atoms with van der Waals surface area (Å²) >= 11 is 0. The van der Waals surface area contributed by atoms with E-state index in [1.165, 1.54) is 21.3 Å². The van der Waals surface area contributed by atoms with Crippen LogP contribution in [-0.2, 0) is 0 Å². The van der Waals surface area contributed by atoms with Gasteiger partial charge in [0.15, 0.2) is 17.3 Å². The molecule has 0 saturated carbocycles. The largest absolute Gasteiger partial charge is 0.543 e. The van der Waals surface area contributed by atoms with Crippen molar-refractivity contribution in [2.24, 2.45) is 0 Å². The first-order valence-electron chi connectivity index (χ1n) is 9.70. The minimum absolute atomic E-state index is 0.0249. The van der Waals surface area contributed by atoms with Crippen LogP contribution in [0, 0.1) is 0 Å². The maximum Gasteiger partial charge on any atom is 0.250 e. The van der Waals surface area contributed by atoms with E-state index >= 15 is 0 Å². The van der Waals surface area contributed by atoms with Crippen molar-refractivity contribution in [1.82, 2.24) is 0 Å². The van der Waals surface area contributed by atoms with E-state index in [1.807, 2.05) is 0 Å². The van der Waals surface area contributed by atoms with Gasteiger partial charge in [0.05, 0.1) is 34.0 Å². The van der Waals surface area contributed by atoms with Crippen molar-refractivity contribution in [3.05, 3.63) is 41.5 Å². The highest BCUT2D eigenvalue weighted by molar-refractivity contribution is 6.74. The van der Waals surface area contributed by atoms with Gasteiger partial charge in [0, 0.05) is 11.6 Å². The highest BCUT2D eigenvalue weighted by Gasteiger charge is 2.40. The van der Waals surface area contributed by atoms with Crippen LogP contribution >= 0.6 is 0 Å². The lowest BCUT2D eigenvalue weighted by atomic mass is 10.0. The fraction of sp³-hybridized carbons (Fsp3) is 0.435. The molecule has 0 N–H and O–H groups in total.